The van der Waals surface area contributed by atoms with Gasteiger partial charge >= 0.3 is 0 Å². The number of aromatic nitrogens is 2. The maximum atomic E-state index is 12.2. The summed E-state index contributed by atoms with van der Waals surface area (Å²) in [5.41, 5.74) is 3.06. The molecule has 0 atom stereocenters. The zero-order chi connectivity index (χ0) is 20.9. The monoisotopic (exact) mass is 411 g/mol. The summed E-state index contributed by atoms with van der Waals surface area (Å²) in [6.07, 6.45) is 2.09. The molecule has 8 heteroatoms. The van der Waals surface area contributed by atoms with Crippen LogP contribution in [0.3, 0.4) is 0 Å². The number of ether oxygens (including phenoxy) is 1. The van der Waals surface area contributed by atoms with E-state index in [1.54, 1.807) is 37.4 Å². The first-order valence-electron chi connectivity index (χ1n) is 8.92. The van der Waals surface area contributed by atoms with E-state index in [2.05, 4.69) is 15.5 Å². The number of carbonyl (C=O) groups is 1. The van der Waals surface area contributed by atoms with Gasteiger partial charge in [0.15, 0.2) is 14.9 Å². The van der Waals surface area contributed by atoms with Crippen molar-refractivity contribution in [2.24, 2.45) is 0 Å². The first kappa shape index (κ1) is 20.5. The van der Waals surface area contributed by atoms with Gasteiger partial charge in [0, 0.05) is 23.9 Å². The summed E-state index contributed by atoms with van der Waals surface area (Å²) in [6, 6.07) is 17.8. The fraction of sp³-hybridized carbons (Fsp3) is 0.190. The predicted molar refractivity (Wildman–Crippen MR) is 111 cm³/mol. The summed E-state index contributed by atoms with van der Waals surface area (Å²) < 4.78 is 28.0. The van der Waals surface area contributed by atoms with Gasteiger partial charge in [-0.15, -0.1) is 10.2 Å². The molecule has 1 N–H and O–H groups in total. The quantitative estimate of drug-likeness (QED) is 0.641. The molecule has 150 valence electrons. The van der Waals surface area contributed by atoms with Crippen molar-refractivity contribution in [3.05, 3.63) is 66.2 Å². The molecule has 1 heterocycles. The molecular weight excluding hydrogens is 390 g/mol. The Labute approximate surface area is 169 Å². The molecule has 0 bridgehead atoms. The molecule has 2 aromatic carbocycles. The van der Waals surface area contributed by atoms with E-state index in [1.807, 2.05) is 24.3 Å². The SMILES string of the molecule is COc1ccc(CCC(=O)Nc2ccc(-c3ccc(S(C)(=O)=O)nn3)cc2)cc1. The highest BCUT2D eigenvalue weighted by Gasteiger charge is 2.10. The molecule has 0 aliphatic rings. The zero-order valence-corrected chi connectivity index (χ0v) is 16.9. The summed E-state index contributed by atoms with van der Waals surface area (Å²) in [6.45, 7) is 0. The third kappa shape index (κ3) is 5.61. The van der Waals surface area contributed by atoms with Crippen molar-refractivity contribution in [2.45, 2.75) is 17.9 Å². The normalized spacial score (nSPS) is 11.1. The van der Waals surface area contributed by atoms with Crippen molar-refractivity contribution in [3.8, 4) is 17.0 Å². The van der Waals surface area contributed by atoms with Gasteiger partial charge in [-0.2, -0.15) is 0 Å². The van der Waals surface area contributed by atoms with Gasteiger partial charge in [-0.1, -0.05) is 24.3 Å². The van der Waals surface area contributed by atoms with Gasteiger partial charge in [0.05, 0.1) is 12.8 Å². The minimum absolute atomic E-state index is 0.0676. The summed E-state index contributed by atoms with van der Waals surface area (Å²) in [5.74, 6) is 0.708. The second-order valence-electron chi connectivity index (χ2n) is 6.50. The molecule has 0 fully saturated rings. The Morgan fingerprint density at radius 3 is 2.21 bits per heavy atom. The van der Waals surface area contributed by atoms with Crippen molar-refractivity contribution in [2.75, 3.05) is 18.7 Å². The average molecular weight is 411 g/mol. The lowest BCUT2D eigenvalue weighted by atomic mass is 10.1. The van der Waals surface area contributed by atoms with Gasteiger partial charge in [0.1, 0.15) is 5.75 Å². The van der Waals surface area contributed by atoms with E-state index < -0.39 is 9.84 Å². The molecule has 3 rings (SSSR count). The van der Waals surface area contributed by atoms with Crippen molar-refractivity contribution >= 4 is 21.4 Å². The van der Waals surface area contributed by atoms with Crippen LogP contribution in [0.4, 0.5) is 5.69 Å². The topological polar surface area (TPSA) is 98.2 Å². The number of amides is 1. The molecule has 1 amide bonds. The number of methoxy groups -OCH3 is 1. The van der Waals surface area contributed by atoms with Crippen LogP contribution in [0.5, 0.6) is 5.75 Å². The largest absolute Gasteiger partial charge is 0.497 e. The van der Waals surface area contributed by atoms with Crippen LogP contribution in [0.15, 0.2) is 65.7 Å². The van der Waals surface area contributed by atoms with Crippen LogP contribution in [0.1, 0.15) is 12.0 Å². The van der Waals surface area contributed by atoms with Crippen LogP contribution in [-0.2, 0) is 21.1 Å². The van der Waals surface area contributed by atoms with Crippen LogP contribution in [0.2, 0.25) is 0 Å². The van der Waals surface area contributed by atoms with Gasteiger partial charge in [-0.25, -0.2) is 8.42 Å². The Morgan fingerprint density at radius 2 is 1.66 bits per heavy atom. The fourth-order valence-electron chi connectivity index (χ4n) is 2.67. The molecular formula is C21H21N3O4S. The lowest BCUT2D eigenvalue weighted by molar-refractivity contribution is -0.116. The number of hydrogen-bond acceptors (Lipinski definition) is 6. The Bertz CT molecular complexity index is 1080. The predicted octanol–water partition coefficient (Wildman–Crippen LogP) is 3.13. The molecule has 0 spiro atoms. The van der Waals surface area contributed by atoms with E-state index in [9.17, 15) is 13.2 Å². The second-order valence-corrected chi connectivity index (χ2v) is 8.47. The molecule has 1 aromatic heterocycles. The fourth-order valence-corrected chi connectivity index (χ4v) is 3.17. The number of nitrogens with zero attached hydrogens (tertiary/aromatic N) is 2. The number of sulfone groups is 1. The number of benzene rings is 2. The Hall–Kier alpha value is -3.26. The molecule has 0 aliphatic carbocycles. The van der Waals surface area contributed by atoms with E-state index in [0.717, 1.165) is 23.1 Å². The maximum Gasteiger partial charge on any atom is 0.224 e. The lowest BCUT2D eigenvalue weighted by Gasteiger charge is -2.07. The van der Waals surface area contributed by atoms with Crippen molar-refractivity contribution < 1.29 is 17.9 Å². The highest BCUT2D eigenvalue weighted by Crippen LogP contribution is 2.20. The van der Waals surface area contributed by atoms with Gasteiger partial charge in [0.25, 0.3) is 0 Å². The first-order chi connectivity index (χ1) is 13.8. The molecule has 7 nitrogen and oxygen atoms in total. The first-order valence-corrected chi connectivity index (χ1v) is 10.8. The summed E-state index contributed by atoms with van der Waals surface area (Å²) >= 11 is 0. The van der Waals surface area contributed by atoms with E-state index in [-0.39, 0.29) is 10.9 Å². The minimum Gasteiger partial charge on any atom is -0.497 e. The third-order valence-electron chi connectivity index (χ3n) is 4.28. The zero-order valence-electron chi connectivity index (χ0n) is 16.1. The molecule has 0 saturated heterocycles. The standard InChI is InChI=1S/C21H21N3O4S/c1-28-18-10-3-15(4-11-18)5-13-20(25)22-17-8-6-16(7-9-17)19-12-14-21(24-23-19)29(2,26)27/h3-4,6-12,14H,5,13H2,1-2H3,(H,22,25). The molecule has 0 aliphatic heterocycles. The number of hydrogen-bond donors (Lipinski definition) is 1. The number of anilines is 1. The summed E-state index contributed by atoms with van der Waals surface area (Å²) in [7, 11) is -1.76. The second kappa shape index (κ2) is 8.83. The van der Waals surface area contributed by atoms with Gasteiger partial charge in [-0.05, 0) is 48.4 Å². The van der Waals surface area contributed by atoms with E-state index >= 15 is 0 Å². The summed E-state index contributed by atoms with van der Waals surface area (Å²) in [5, 5.41) is 10.5. The summed E-state index contributed by atoms with van der Waals surface area (Å²) in [4.78, 5) is 12.2. The van der Waals surface area contributed by atoms with Crippen molar-refractivity contribution in [3.63, 3.8) is 0 Å². The smallest absolute Gasteiger partial charge is 0.224 e. The number of aryl methyl sites for hydroxylation is 1. The Kier molecular flexibility index (Phi) is 6.23. The number of nitrogens with one attached hydrogen (secondary N) is 1. The minimum atomic E-state index is -3.38. The van der Waals surface area contributed by atoms with Crippen LogP contribution in [0.25, 0.3) is 11.3 Å². The lowest BCUT2D eigenvalue weighted by Crippen LogP contribution is -2.12. The van der Waals surface area contributed by atoms with Gasteiger partial charge < -0.3 is 10.1 Å². The molecule has 0 radical (unpaired) electrons. The maximum absolute atomic E-state index is 12.2. The highest BCUT2D eigenvalue weighted by molar-refractivity contribution is 7.90. The van der Waals surface area contributed by atoms with E-state index in [0.29, 0.717) is 24.2 Å². The van der Waals surface area contributed by atoms with Crippen LogP contribution < -0.4 is 10.1 Å². The molecule has 0 saturated carbocycles. The Balaban J connectivity index is 1.57. The van der Waals surface area contributed by atoms with Crippen LogP contribution in [0, 0.1) is 0 Å². The number of carbonyl (C=O) groups excluding carboxylic acids is 1. The Morgan fingerprint density at radius 1 is 0.966 bits per heavy atom. The van der Waals surface area contributed by atoms with Crippen LogP contribution in [-0.4, -0.2) is 37.9 Å². The van der Waals surface area contributed by atoms with Gasteiger partial charge in [-0.3, -0.25) is 4.79 Å². The highest BCUT2D eigenvalue weighted by atomic mass is 32.2. The third-order valence-corrected chi connectivity index (χ3v) is 5.26. The molecule has 3 aromatic rings. The van der Waals surface area contributed by atoms with Crippen molar-refractivity contribution in [1.82, 2.24) is 10.2 Å². The molecule has 29 heavy (non-hydrogen) atoms. The van der Waals surface area contributed by atoms with Crippen LogP contribution >= 0.6 is 0 Å². The van der Waals surface area contributed by atoms with E-state index in [4.69, 9.17) is 4.74 Å². The van der Waals surface area contributed by atoms with E-state index in [1.165, 1.54) is 6.07 Å². The number of rotatable bonds is 7. The molecule has 0 unspecified atom stereocenters. The average Bonchev–Trinajstić information content (AvgIpc) is 2.73. The van der Waals surface area contributed by atoms with Gasteiger partial charge in [0.2, 0.25) is 5.91 Å². The van der Waals surface area contributed by atoms with Crippen molar-refractivity contribution in [1.29, 1.82) is 0 Å².